The first-order valence-corrected chi connectivity index (χ1v) is 6.17. The van der Waals surface area contributed by atoms with Gasteiger partial charge in [-0.3, -0.25) is 4.79 Å². The van der Waals surface area contributed by atoms with E-state index in [1.165, 1.54) is 11.6 Å². The largest absolute Gasteiger partial charge is 0.463 e. The van der Waals surface area contributed by atoms with Gasteiger partial charge in [-0.25, -0.2) is 4.79 Å². The van der Waals surface area contributed by atoms with Gasteiger partial charge in [0.2, 0.25) is 0 Å². The molecule has 1 aliphatic carbocycles. The molecule has 0 saturated heterocycles. The molecule has 0 atom stereocenters. The van der Waals surface area contributed by atoms with Crippen LogP contribution in [0.2, 0.25) is 0 Å². The minimum absolute atomic E-state index is 0.303. The number of benzene rings is 1. The van der Waals surface area contributed by atoms with Crippen LogP contribution in [0.5, 0.6) is 0 Å². The molecule has 3 heteroatoms. The zero-order valence-electron chi connectivity index (χ0n) is 10.4. The summed E-state index contributed by atoms with van der Waals surface area (Å²) in [7, 11) is 0. The summed E-state index contributed by atoms with van der Waals surface area (Å²) in [4.78, 5) is 22.5. The number of ether oxygens (including phenoxy) is 1. The van der Waals surface area contributed by atoms with Gasteiger partial charge >= 0.3 is 5.97 Å². The molecule has 0 aromatic heterocycles. The molecule has 0 saturated carbocycles. The molecule has 18 heavy (non-hydrogen) atoms. The summed E-state index contributed by atoms with van der Waals surface area (Å²) in [6.07, 6.45) is 5.14. The summed E-state index contributed by atoms with van der Waals surface area (Å²) < 4.78 is 4.82. The number of esters is 1. The van der Waals surface area contributed by atoms with Crippen molar-refractivity contribution < 1.29 is 14.3 Å². The van der Waals surface area contributed by atoms with E-state index in [1.54, 1.807) is 13.0 Å². The third kappa shape index (κ3) is 3.06. The van der Waals surface area contributed by atoms with Crippen molar-refractivity contribution in [1.82, 2.24) is 0 Å². The summed E-state index contributed by atoms with van der Waals surface area (Å²) in [6, 6.07) is 5.93. The van der Waals surface area contributed by atoms with E-state index in [4.69, 9.17) is 4.74 Å². The van der Waals surface area contributed by atoms with E-state index in [1.807, 2.05) is 18.2 Å². The van der Waals surface area contributed by atoms with Crippen LogP contribution >= 0.6 is 0 Å². The van der Waals surface area contributed by atoms with Gasteiger partial charge in [0.05, 0.1) is 6.61 Å². The Hall–Kier alpha value is -1.90. The molecule has 1 aromatic carbocycles. The van der Waals surface area contributed by atoms with E-state index >= 15 is 0 Å². The Bertz CT molecular complexity index is 500. The fraction of sp³-hybridized carbons (Fsp3) is 0.333. The van der Waals surface area contributed by atoms with Crippen LogP contribution in [0, 0.1) is 0 Å². The second-order valence-electron chi connectivity index (χ2n) is 4.33. The number of carbonyl (C=O) groups excluding carboxylic acids is 2. The monoisotopic (exact) mass is 244 g/mol. The third-order valence-corrected chi connectivity index (χ3v) is 2.99. The van der Waals surface area contributed by atoms with Gasteiger partial charge in [-0.1, -0.05) is 18.2 Å². The van der Waals surface area contributed by atoms with E-state index in [2.05, 4.69) is 0 Å². The minimum atomic E-state index is -0.328. The van der Waals surface area contributed by atoms with Crippen molar-refractivity contribution in [3.8, 4) is 0 Å². The molecule has 0 heterocycles. The van der Waals surface area contributed by atoms with Crippen LogP contribution in [0.3, 0.4) is 0 Å². The summed E-state index contributed by atoms with van der Waals surface area (Å²) in [5.41, 5.74) is 3.29. The van der Waals surface area contributed by atoms with E-state index in [0.29, 0.717) is 25.2 Å². The first-order valence-electron chi connectivity index (χ1n) is 6.17. The first kappa shape index (κ1) is 12.6. The van der Waals surface area contributed by atoms with Crippen molar-refractivity contribution in [2.24, 2.45) is 0 Å². The van der Waals surface area contributed by atoms with Crippen LogP contribution < -0.4 is 0 Å². The van der Waals surface area contributed by atoms with Gasteiger partial charge in [0, 0.05) is 18.9 Å². The molecule has 2 rings (SSSR count). The summed E-state index contributed by atoms with van der Waals surface area (Å²) in [5, 5.41) is 0. The maximum absolute atomic E-state index is 11.3. The number of carbonyl (C=O) groups is 2. The molecule has 1 aliphatic rings. The highest BCUT2D eigenvalue weighted by atomic mass is 16.5. The van der Waals surface area contributed by atoms with Crippen molar-refractivity contribution >= 4 is 17.8 Å². The van der Waals surface area contributed by atoms with Crippen LogP contribution in [-0.4, -0.2) is 18.4 Å². The number of hydrogen-bond acceptors (Lipinski definition) is 3. The molecule has 94 valence electrons. The highest BCUT2D eigenvalue weighted by Crippen LogP contribution is 2.21. The third-order valence-electron chi connectivity index (χ3n) is 2.99. The van der Waals surface area contributed by atoms with Crippen molar-refractivity contribution in [3.05, 3.63) is 41.0 Å². The maximum Gasteiger partial charge on any atom is 0.330 e. The van der Waals surface area contributed by atoms with Crippen molar-refractivity contribution in [2.45, 2.75) is 26.2 Å². The number of rotatable bonds is 3. The van der Waals surface area contributed by atoms with Crippen LogP contribution in [0.4, 0.5) is 0 Å². The molecule has 0 amide bonds. The van der Waals surface area contributed by atoms with Crippen LogP contribution in [-0.2, 0) is 27.2 Å². The average Bonchev–Trinajstić information content (AvgIpc) is 2.36. The topological polar surface area (TPSA) is 43.4 Å². The predicted octanol–water partition coefficient (Wildman–Crippen LogP) is 2.32. The number of aryl methyl sites for hydroxylation is 1. The Morgan fingerprint density at radius 1 is 1.33 bits per heavy atom. The Morgan fingerprint density at radius 3 is 2.94 bits per heavy atom. The van der Waals surface area contributed by atoms with Gasteiger partial charge < -0.3 is 4.74 Å². The number of hydrogen-bond donors (Lipinski definition) is 0. The number of Topliss-reactive ketones (excluding diaryl/α,β-unsaturated/α-hetero) is 1. The number of fused-ring (bicyclic) bond motifs is 1. The SMILES string of the molecule is CCOC(=O)C=Cc1ccc2c(c1)CCC(=O)C2. The molecule has 0 N–H and O–H groups in total. The Kier molecular flexibility index (Phi) is 3.92. The molecule has 0 fully saturated rings. The van der Waals surface area contributed by atoms with E-state index in [0.717, 1.165) is 17.5 Å². The van der Waals surface area contributed by atoms with Crippen LogP contribution in [0.25, 0.3) is 6.08 Å². The second kappa shape index (κ2) is 5.63. The maximum atomic E-state index is 11.3. The van der Waals surface area contributed by atoms with Gasteiger partial charge in [-0.2, -0.15) is 0 Å². The zero-order chi connectivity index (χ0) is 13.0. The van der Waals surface area contributed by atoms with Gasteiger partial charge in [0.1, 0.15) is 5.78 Å². The lowest BCUT2D eigenvalue weighted by Crippen LogP contribution is -2.13. The van der Waals surface area contributed by atoms with Crippen molar-refractivity contribution in [2.75, 3.05) is 6.61 Å². The van der Waals surface area contributed by atoms with Gasteiger partial charge in [0.15, 0.2) is 0 Å². The smallest absolute Gasteiger partial charge is 0.330 e. The van der Waals surface area contributed by atoms with Crippen molar-refractivity contribution in [3.63, 3.8) is 0 Å². The lowest BCUT2D eigenvalue weighted by Gasteiger charge is -2.14. The van der Waals surface area contributed by atoms with Crippen LogP contribution in [0.1, 0.15) is 30.0 Å². The lowest BCUT2D eigenvalue weighted by molar-refractivity contribution is -0.137. The van der Waals surface area contributed by atoms with Gasteiger partial charge in [-0.05, 0) is 36.1 Å². The molecule has 0 bridgehead atoms. The van der Waals surface area contributed by atoms with E-state index < -0.39 is 0 Å². The minimum Gasteiger partial charge on any atom is -0.463 e. The molecule has 0 spiro atoms. The molecule has 3 nitrogen and oxygen atoms in total. The molecule has 0 unspecified atom stereocenters. The lowest BCUT2D eigenvalue weighted by atomic mass is 9.89. The average molecular weight is 244 g/mol. The second-order valence-corrected chi connectivity index (χ2v) is 4.33. The summed E-state index contributed by atoms with van der Waals surface area (Å²) in [5.74, 6) is -0.0253. The molecule has 0 radical (unpaired) electrons. The summed E-state index contributed by atoms with van der Waals surface area (Å²) in [6.45, 7) is 2.16. The number of ketones is 1. The molecule has 0 aliphatic heterocycles. The normalized spacial score (nSPS) is 14.6. The van der Waals surface area contributed by atoms with Crippen LogP contribution in [0.15, 0.2) is 24.3 Å². The standard InChI is InChI=1S/C15H16O3/c1-2-18-15(17)8-4-11-3-5-13-10-14(16)7-6-12(13)9-11/h3-5,8-9H,2,6-7,10H2,1H3. The molecular weight excluding hydrogens is 228 g/mol. The molecular formula is C15H16O3. The zero-order valence-corrected chi connectivity index (χ0v) is 10.4. The quantitative estimate of drug-likeness (QED) is 0.605. The van der Waals surface area contributed by atoms with Crippen molar-refractivity contribution in [1.29, 1.82) is 0 Å². The Labute approximate surface area is 106 Å². The van der Waals surface area contributed by atoms with E-state index in [-0.39, 0.29) is 5.97 Å². The highest BCUT2D eigenvalue weighted by Gasteiger charge is 2.14. The fourth-order valence-corrected chi connectivity index (χ4v) is 2.08. The Morgan fingerprint density at radius 2 is 2.17 bits per heavy atom. The van der Waals surface area contributed by atoms with Gasteiger partial charge in [0.25, 0.3) is 0 Å². The van der Waals surface area contributed by atoms with Gasteiger partial charge in [-0.15, -0.1) is 0 Å². The van der Waals surface area contributed by atoms with E-state index in [9.17, 15) is 9.59 Å². The predicted molar refractivity (Wildman–Crippen MR) is 69.1 cm³/mol. The first-order chi connectivity index (χ1) is 8.69. The summed E-state index contributed by atoms with van der Waals surface area (Å²) >= 11 is 0. The fourth-order valence-electron chi connectivity index (χ4n) is 2.08. The highest BCUT2D eigenvalue weighted by molar-refractivity contribution is 5.87. The molecule has 1 aromatic rings. The Balaban J connectivity index is 2.12.